The van der Waals surface area contributed by atoms with Crippen LogP contribution < -0.4 is 16.6 Å². The van der Waals surface area contributed by atoms with Crippen LogP contribution in [0.4, 0.5) is 5.69 Å². The summed E-state index contributed by atoms with van der Waals surface area (Å²) in [5, 5.41) is 2.62. The van der Waals surface area contributed by atoms with Gasteiger partial charge in [-0.1, -0.05) is 12.1 Å². The van der Waals surface area contributed by atoms with Crippen molar-refractivity contribution in [3.8, 4) is 0 Å². The predicted molar refractivity (Wildman–Crippen MR) is 81.8 cm³/mol. The highest BCUT2D eigenvalue weighted by Gasteiger charge is 2.11. The number of nitrogens with zero attached hydrogens (tertiary/aromatic N) is 1. The number of hydrogen-bond acceptors (Lipinski definition) is 3. The van der Waals surface area contributed by atoms with Crippen molar-refractivity contribution in [1.29, 1.82) is 0 Å². The topological polar surface area (TPSA) is 84.0 Å². The summed E-state index contributed by atoms with van der Waals surface area (Å²) in [5.41, 5.74) is -0.631. The van der Waals surface area contributed by atoms with Gasteiger partial charge in [0, 0.05) is 10.7 Å². The summed E-state index contributed by atoms with van der Waals surface area (Å²) >= 11 is 6.30. The number of aromatic amines is 1. The Bertz CT molecular complexity index is 767. The third-order valence-electron chi connectivity index (χ3n) is 2.47. The predicted octanol–water partition coefficient (Wildman–Crippen LogP) is 1.70. The van der Waals surface area contributed by atoms with Crippen molar-refractivity contribution in [2.75, 3.05) is 5.32 Å². The van der Waals surface area contributed by atoms with Gasteiger partial charge >= 0.3 is 5.69 Å². The number of H-pyrrole nitrogens is 1. The molecule has 0 saturated carbocycles. The molecule has 8 heteroatoms. The van der Waals surface area contributed by atoms with Crippen LogP contribution in [-0.2, 0) is 11.3 Å². The fourth-order valence-electron chi connectivity index (χ4n) is 1.53. The number of carbonyl (C=O) groups excluding carboxylic acids is 1. The van der Waals surface area contributed by atoms with Crippen molar-refractivity contribution in [2.24, 2.45) is 0 Å². The van der Waals surface area contributed by atoms with Crippen LogP contribution in [0.3, 0.4) is 0 Å². The number of anilines is 1. The second-order valence-corrected chi connectivity index (χ2v) is 5.57. The average molecular weight is 403 g/mol. The molecule has 0 saturated heterocycles. The molecule has 0 atom stereocenters. The van der Waals surface area contributed by atoms with Crippen molar-refractivity contribution < 1.29 is 4.79 Å². The normalized spacial score (nSPS) is 10.3. The van der Waals surface area contributed by atoms with Gasteiger partial charge in [-0.05, 0) is 44.0 Å². The van der Waals surface area contributed by atoms with E-state index >= 15 is 0 Å². The van der Waals surface area contributed by atoms with Crippen molar-refractivity contribution in [3.63, 3.8) is 0 Å². The van der Waals surface area contributed by atoms with E-state index in [0.29, 0.717) is 10.2 Å². The lowest BCUT2D eigenvalue weighted by atomic mass is 10.3. The van der Waals surface area contributed by atoms with E-state index in [1.54, 1.807) is 18.2 Å². The van der Waals surface area contributed by atoms with Crippen LogP contribution in [0.1, 0.15) is 0 Å². The summed E-state index contributed by atoms with van der Waals surface area (Å²) in [5.74, 6) is -0.470. The third-order valence-corrected chi connectivity index (χ3v) is 3.73. The molecule has 0 radical (unpaired) electrons. The molecule has 0 unspecified atom stereocenters. The lowest BCUT2D eigenvalue weighted by Crippen LogP contribution is -2.38. The molecular formula is C12H9Br2N3O3. The van der Waals surface area contributed by atoms with Crippen LogP contribution >= 0.6 is 31.9 Å². The number of aromatic nitrogens is 2. The summed E-state index contributed by atoms with van der Waals surface area (Å²) in [7, 11) is 0. The van der Waals surface area contributed by atoms with Crippen LogP contribution in [0.25, 0.3) is 0 Å². The Morgan fingerprint density at radius 3 is 2.60 bits per heavy atom. The van der Waals surface area contributed by atoms with Crippen LogP contribution in [-0.4, -0.2) is 15.5 Å². The van der Waals surface area contributed by atoms with Crippen LogP contribution in [0.15, 0.2) is 49.0 Å². The number of benzene rings is 1. The van der Waals surface area contributed by atoms with Crippen LogP contribution in [0, 0.1) is 0 Å². The van der Waals surface area contributed by atoms with Gasteiger partial charge in [0.15, 0.2) is 0 Å². The molecule has 1 amide bonds. The van der Waals surface area contributed by atoms with E-state index in [4.69, 9.17) is 0 Å². The third kappa shape index (κ3) is 3.26. The Balaban J connectivity index is 2.22. The minimum absolute atomic E-state index is 0.186. The fourth-order valence-corrected chi connectivity index (χ4v) is 2.24. The van der Waals surface area contributed by atoms with E-state index in [9.17, 15) is 14.4 Å². The maximum absolute atomic E-state index is 11.9. The molecular weight excluding hydrogens is 394 g/mol. The minimum atomic E-state index is -0.638. The van der Waals surface area contributed by atoms with Crippen molar-refractivity contribution in [3.05, 3.63) is 60.2 Å². The number of rotatable bonds is 3. The summed E-state index contributed by atoms with van der Waals surface area (Å²) < 4.78 is 1.71. The van der Waals surface area contributed by atoms with Gasteiger partial charge in [-0.15, -0.1) is 0 Å². The lowest BCUT2D eigenvalue weighted by molar-refractivity contribution is -0.116. The number of hydrogen-bond donors (Lipinski definition) is 2. The van der Waals surface area contributed by atoms with Gasteiger partial charge < -0.3 is 10.3 Å². The molecule has 0 fully saturated rings. The van der Waals surface area contributed by atoms with Gasteiger partial charge in [-0.25, -0.2) is 9.36 Å². The molecule has 0 aliphatic heterocycles. The van der Waals surface area contributed by atoms with Gasteiger partial charge in [0.1, 0.15) is 6.54 Å². The van der Waals surface area contributed by atoms with Gasteiger partial charge in [0.25, 0.3) is 5.56 Å². The molecule has 1 heterocycles. The largest absolute Gasteiger partial charge is 0.328 e. The first-order valence-corrected chi connectivity index (χ1v) is 7.10. The Hall–Kier alpha value is -1.67. The first-order valence-electron chi connectivity index (χ1n) is 5.51. The SMILES string of the molecule is O=C(Cn1c(=O)[nH]cc(Br)c1=O)Nc1ccccc1Br. The monoisotopic (exact) mass is 401 g/mol. The van der Waals surface area contributed by atoms with Crippen molar-refractivity contribution in [2.45, 2.75) is 6.54 Å². The lowest BCUT2D eigenvalue weighted by Gasteiger charge is -2.08. The first kappa shape index (κ1) is 14.7. The number of amides is 1. The molecule has 0 aliphatic carbocycles. The summed E-state index contributed by atoms with van der Waals surface area (Å²) in [6.45, 7) is -0.366. The van der Waals surface area contributed by atoms with E-state index in [-0.39, 0.29) is 11.0 Å². The number of nitrogens with one attached hydrogen (secondary N) is 2. The molecule has 1 aromatic heterocycles. The van der Waals surface area contributed by atoms with Gasteiger partial charge in [0.2, 0.25) is 5.91 Å². The minimum Gasteiger partial charge on any atom is -0.323 e. The van der Waals surface area contributed by atoms with Gasteiger partial charge in [-0.2, -0.15) is 0 Å². The van der Waals surface area contributed by atoms with Gasteiger partial charge in [0.05, 0.1) is 10.2 Å². The number of para-hydroxylation sites is 1. The van der Waals surface area contributed by atoms with E-state index in [1.165, 1.54) is 6.20 Å². The first-order chi connectivity index (χ1) is 9.49. The molecule has 0 bridgehead atoms. The smallest absolute Gasteiger partial charge is 0.323 e. The molecule has 0 aliphatic rings. The molecule has 104 valence electrons. The van der Waals surface area contributed by atoms with E-state index in [1.807, 2.05) is 6.07 Å². The highest BCUT2D eigenvalue weighted by atomic mass is 79.9. The summed E-state index contributed by atoms with van der Waals surface area (Å²) in [6, 6.07) is 7.05. The zero-order valence-electron chi connectivity index (χ0n) is 10.0. The quantitative estimate of drug-likeness (QED) is 0.819. The van der Waals surface area contributed by atoms with Crippen molar-refractivity contribution in [1.82, 2.24) is 9.55 Å². The molecule has 0 spiro atoms. The van der Waals surface area contributed by atoms with E-state index in [0.717, 1.165) is 4.57 Å². The second kappa shape index (κ2) is 6.19. The highest BCUT2D eigenvalue weighted by Crippen LogP contribution is 2.20. The maximum Gasteiger partial charge on any atom is 0.328 e. The van der Waals surface area contributed by atoms with E-state index in [2.05, 4.69) is 42.2 Å². The number of carbonyl (C=O) groups is 1. The zero-order chi connectivity index (χ0) is 14.7. The maximum atomic E-state index is 11.9. The average Bonchev–Trinajstić information content (AvgIpc) is 2.42. The highest BCUT2D eigenvalue weighted by molar-refractivity contribution is 9.10. The Kier molecular flexibility index (Phi) is 4.56. The molecule has 20 heavy (non-hydrogen) atoms. The Labute approximate surface area is 130 Å². The second-order valence-electron chi connectivity index (χ2n) is 3.86. The fraction of sp³-hybridized carbons (Fsp3) is 0.0833. The molecule has 2 N–H and O–H groups in total. The molecule has 1 aromatic carbocycles. The number of halogens is 2. The summed E-state index contributed by atoms with van der Waals surface area (Å²) in [4.78, 5) is 37.5. The Morgan fingerprint density at radius 2 is 1.90 bits per heavy atom. The molecule has 2 rings (SSSR count). The van der Waals surface area contributed by atoms with Gasteiger partial charge in [-0.3, -0.25) is 9.59 Å². The standard InChI is InChI=1S/C12H9Br2N3O3/c13-7-3-1-2-4-9(7)16-10(18)6-17-11(19)8(14)5-15-12(17)20/h1-5H,6H2,(H,15,20)(H,16,18). The molecule has 2 aromatic rings. The van der Waals surface area contributed by atoms with Crippen LogP contribution in [0.2, 0.25) is 0 Å². The Morgan fingerprint density at radius 1 is 1.20 bits per heavy atom. The van der Waals surface area contributed by atoms with E-state index < -0.39 is 17.2 Å². The zero-order valence-corrected chi connectivity index (χ0v) is 13.2. The molecule has 6 nitrogen and oxygen atoms in total. The van der Waals surface area contributed by atoms with Crippen LogP contribution in [0.5, 0.6) is 0 Å². The summed E-state index contributed by atoms with van der Waals surface area (Å²) in [6.07, 6.45) is 1.24. The van der Waals surface area contributed by atoms with Crippen molar-refractivity contribution >= 4 is 43.5 Å².